The number of nitrogens with zero attached hydrogens (tertiary/aromatic N) is 2. The van der Waals surface area contributed by atoms with Crippen LogP contribution in [0.1, 0.15) is 45.1 Å². The predicted molar refractivity (Wildman–Crippen MR) is 113 cm³/mol. The first kappa shape index (κ1) is 22.6. The maximum absolute atomic E-state index is 12.4. The van der Waals surface area contributed by atoms with Gasteiger partial charge in [-0.05, 0) is 43.9 Å². The Morgan fingerprint density at radius 3 is 2.64 bits per heavy atom. The van der Waals surface area contributed by atoms with Crippen LogP contribution >= 0.6 is 0 Å². The van der Waals surface area contributed by atoms with Gasteiger partial charge in [-0.1, -0.05) is 25.5 Å². The molecule has 0 radical (unpaired) electrons. The van der Waals surface area contributed by atoms with E-state index in [0.717, 1.165) is 50.3 Å². The van der Waals surface area contributed by atoms with Gasteiger partial charge in [-0.3, -0.25) is 0 Å². The van der Waals surface area contributed by atoms with Crippen molar-refractivity contribution >= 4 is 16.0 Å². The monoisotopic (exact) mass is 410 g/mol. The molecule has 1 heterocycles. The summed E-state index contributed by atoms with van der Waals surface area (Å²) in [5.74, 6) is 0.867. The van der Waals surface area contributed by atoms with Gasteiger partial charge in [0.25, 0.3) is 0 Å². The molecule has 1 aliphatic heterocycles. The molecule has 0 spiro atoms. The molecular formula is C20H34N4O3S. The lowest BCUT2D eigenvalue weighted by molar-refractivity contribution is 0.114. The molecule has 1 saturated heterocycles. The Morgan fingerprint density at radius 1 is 1.29 bits per heavy atom. The number of guanidine groups is 1. The van der Waals surface area contributed by atoms with Crippen LogP contribution in [-0.4, -0.2) is 58.7 Å². The number of unbranched alkanes of at least 4 members (excludes halogenated alkanes) is 1. The highest BCUT2D eigenvalue weighted by Gasteiger charge is 2.20. The van der Waals surface area contributed by atoms with Crippen molar-refractivity contribution in [2.24, 2.45) is 4.99 Å². The number of sulfonamides is 1. The van der Waals surface area contributed by atoms with Gasteiger partial charge >= 0.3 is 0 Å². The Bertz CT molecular complexity index is 713. The van der Waals surface area contributed by atoms with Crippen LogP contribution in [0.2, 0.25) is 0 Å². The zero-order valence-electron chi connectivity index (χ0n) is 17.3. The lowest BCUT2D eigenvalue weighted by Crippen LogP contribution is -2.39. The van der Waals surface area contributed by atoms with Crippen LogP contribution in [0.4, 0.5) is 0 Å². The molecule has 7 nitrogen and oxygen atoms in total. The zero-order valence-corrected chi connectivity index (χ0v) is 18.1. The normalized spacial score (nSPS) is 17.7. The Hall–Kier alpha value is -1.64. The number of benzene rings is 1. The third kappa shape index (κ3) is 7.07. The first-order valence-electron chi connectivity index (χ1n) is 10.2. The zero-order chi connectivity index (χ0) is 20.4. The number of hydrogen-bond donors (Lipinski definition) is 2. The quantitative estimate of drug-likeness (QED) is 0.457. The minimum atomic E-state index is -3.51. The Kier molecular flexibility index (Phi) is 9.21. The molecule has 0 bridgehead atoms. The molecule has 2 rings (SSSR count). The molecule has 1 aromatic carbocycles. The van der Waals surface area contributed by atoms with Gasteiger partial charge in [0, 0.05) is 33.3 Å². The fourth-order valence-electron chi connectivity index (χ4n) is 3.00. The molecule has 1 fully saturated rings. The van der Waals surface area contributed by atoms with Gasteiger partial charge in [0.1, 0.15) is 0 Å². The minimum Gasteiger partial charge on any atom is -0.377 e. The molecule has 0 aliphatic carbocycles. The second-order valence-electron chi connectivity index (χ2n) is 7.08. The maximum Gasteiger partial charge on any atom is 0.240 e. The summed E-state index contributed by atoms with van der Waals surface area (Å²) in [6.45, 7) is 7.52. The van der Waals surface area contributed by atoms with E-state index in [1.165, 1.54) is 0 Å². The van der Waals surface area contributed by atoms with Crippen LogP contribution in [0.3, 0.4) is 0 Å². The van der Waals surface area contributed by atoms with Gasteiger partial charge in [0.05, 0.1) is 17.5 Å². The third-order valence-electron chi connectivity index (χ3n) is 4.71. The number of hydrogen-bond acceptors (Lipinski definition) is 4. The number of aliphatic imine (C=N–C) groups is 1. The van der Waals surface area contributed by atoms with Crippen molar-refractivity contribution in [3.63, 3.8) is 0 Å². The second-order valence-corrected chi connectivity index (χ2v) is 8.84. The molecule has 2 N–H and O–H groups in total. The molecule has 1 aromatic rings. The third-order valence-corrected chi connectivity index (χ3v) is 6.15. The van der Waals surface area contributed by atoms with Crippen molar-refractivity contribution < 1.29 is 13.2 Å². The molecule has 0 saturated carbocycles. The minimum absolute atomic E-state index is 0.0161. The van der Waals surface area contributed by atoms with E-state index in [0.29, 0.717) is 19.7 Å². The molecule has 28 heavy (non-hydrogen) atoms. The van der Waals surface area contributed by atoms with Crippen LogP contribution in [0.5, 0.6) is 0 Å². The first-order valence-corrected chi connectivity index (χ1v) is 11.6. The molecule has 1 aliphatic rings. The van der Waals surface area contributed by atoms with E-state index in [9.17, 15) is 8.42 Å². The molecule has 1 atom stereocenters. The summed E-state index contributed by atoms with van der Waals surface area (Å²) in [5.41, 5.74) is 0.970. The highest BCUT2D eigenvalue weighted by atomic mass is 32.2. The fraction of sp³-hybridized carbons (Fsp3) is 0.650. The van der Waals surface area contributed by atoms with E-state index in [2.05, 4.69) is 26.9 Å². The molecular weight excluding hydrogens is 376 g/mol. The standard InChI is InChI=1S/C20H34N4O3S/c1-4-6-13-24(3)20(21-5-2)22-15-17-9-11-19(12-10-17)28(25,26)23-16-18-8-7-14-27-18/h9-12,18,23H,4-8,13-16H2,1-3H3,(H,21,22). The summed E-state index contributed by atoms with van der Waals surface area (Å²) in [6.07, 6.45) is 4.13. The van der Waals surface area contributed by atoms with E-state index in [4.69, 9.17) is 4.74 Å². The summed E-state index contributed by atoms with van der Waals surface area (Å²) < 4.78 is 33.0. The smallest absolute Gasteiger partial charge is 0.240 e. The topological polar surface area (TPSA) is 83.0 Å². The lowest BCUT2D eigenvalue weighted by Gasteiger charge is -2.21. The largest absolute Gasteiger partial charge is 0.377 e. The molecule has 158 valence electrons. The highest BCUT2D eigenvalue weighted by molar-refractivity contribution is 7.89. The fourth-order valence-corrected chi connectivity index (χ4v) is 4.07. The Balaban J connectivity index is 1.96. The summed E-state index contributed by atoms with van der Waals surface area (Å²) in [6, 6.07) is 6.91. The molecule has 0 aromatic heterocycles. The average Bonchev–Trinajstić information content (AvgIpc) is 3.22. The summed E-state index contributed by atoms with van der Waals surface area (Å²) in [5, 5.41) is 3.30. The van der Waals surface area contributed by atoms with Gasteiger partial charge in [-0.2, -0.15) is 0 Å². The number of nitrogens with one attached hydrogen (secondary N) is 2. The van der Waals surface area contributed by atoms with Crippen molar-refractivity contribution in [3.05, 3.63) is 29.8 Å². The van der Waals surface area contributed by atoms with Crippen LogP contribution in [0.25, 0.3) is 0 Å². The SMILES string of the molecule is CCCCN(C)C(=NCc1ccc(S(=O)(=O)NCC2CCCO2)cc1)NCC. The second kappa shape index (κ2) is 11.4. The highest BCUT2D eigenvalue weighted by Crippen LogP contribution is 2.14. The number of ether oxygens (including phenoxy) is 1. The van der Waals surface area contributed by atoms with Crippen molar-refractivity contribution in [1.29, 1.82) is 0 Å². The Morgan fingerprint density at radius 2 is 2.04 bits per heavy atom. The molecule has 0 amide bonds. The van der Waals surface area contributed by atoms with E-state index < -0.39 is 10.0 Å². The van der Waals surface area contributed by atoms with Crippen molar-refractivity contribution in [2.45, 2.75) is 57.1 Å². The van der Waals surface area contributed by atoms with Gasteiger partial charge in [0.15, 0.2) is 5.96 Å². The van der Waals surface area contributed by atoms with Crippen LogP contribution in [0.15, 0.2) is 34.2 Å². The van der Waals surface area contributed by atoms with Gasteiger partial charge in [0.2, 0.25) is 10.0 Å². The maximum atomic E-state index is 12.4. The van der Waals surface area contributed by atoms with Crippen molar-refractivity contribution in [2.75, 3.05) is 33.3 Å². The first-order chi connectivity index (χ1) is 13.5. The summed E-state index contributed by atoms with van der Waals surface area (Å²) in [4.78, 5) is 7.06. The Labute approximate surface area is 169 Å². The average molecular weight is 411 g/mol. The van der Waals surface area contributed by atoms with Crippen LogP contribution in [0, 0.1) is 0 Å². The van der Waals surface area contributed by atoms with Gasteiger partial charge in [-0.15, -0.1) is 0 Å². The number of rotatable bonds is 10. The predicted octanol–water partition coefficient (Wildman–Crippen LogP) is 2.34. The van der Waals surface area contributed by atoms with E-state index in [1.54, 1.807) is 12.1 Å². The van der Waals surface area contributed by atoms with Crippen molar-refractivity contribution in [3.8, 4) is 0 Å². The van der Waals surface area contributed by atoms with Crippen LogP contribution < -0.4 is 10.0 Å². The van der Waals surface area contributed by atoms with E-state index in [-0.39, 0.29) is 11.0 Å². The molecule has 8 heteroatoms. The van der Waals surface area contributed by atoms with E-state index in [1.807, 2.05) is 26.1 Å². The summed E-state index contributed by atoms with van der Waals surface area (Å²) >= 11 is 0. The molecule has 1 unspecified atom stereocenters. The van der Waals surface area contributed by atoms with Gasteiger partial charge < -0.3 is 15.0 Å². The van der Waals surface area contributed by atoms with E-state index >= 15 is 0 Å². The summed E-state index contributed by atoms with van der Waals surface area (Å²) in [7, 11) is -1.48. The van der Waals surface area contributed by atoms with Crippen molar-refractivity contribution in [1.82, 2.24) is 14.9 Å². The van der Waals surface area contributed by atoms with Gasteiger partial charge in [-0.25, -0.2) is 18.1 Å². The lowest BCUT2D eigenvalue weighted by atomic mass is 10.2. The van der Waals surface area contributed by atoms with Crippen LogP contribution in [-0.2, 0) is 21.3 Å².